The number of rotatable bonds is 4. The molecule has 4 amide bonds. The number of halogens is 1. The summed E-state index contributed by atoms with van der Waals surface area (Å²) in [6, 6.07) is 6.44. The number of carbonyl (C=O) groups excluding carboxylic acids is 3. The molecule has 1 aromatic rings. The molecule has 28 heavy (non-hydrogen) atoms. The van der Waals surface area contributed by atoms with Crippen molar-refractivity contribution in [2.24, 2.45) is 11.3 Å². The van der Waals surface area contributed by atoms with E-state index < -0.39 is 11.6 Å². The van der Waals surface area contributed by atoms with Crippen molar-refractivity contribution >= 4 is 29.4 Å². The number of nitrogens with zero attached hydrogens (tertiary/aromatic N) is 1. The number of imide groups is 1. The molecule has 1 saturated heterocycles. The van der Waals surface area contributed by atoms with Gasteiger partial charge in [-0.15, -0.1) is 0 Å². The SMILES string of the molecule is C[C@H]1CC(C)(C)C[C@]2(C1)NC(=O)N(CC(=O)N[C@H](C)c1ccc(Cl)cc1)C2=O. The van der Waals surface area contributed by atoms with E-state index in [2.05, 4.69) is 31.4 Å². The van der Waals surface area contributed by atoms with Gasteiger partial charge in [-0.1, -0.05) is 44.5 Å². The zero-order valence-corrected chi connectivity index (χ0v) is 17.6. The quantitative estimate of drug-likeness (QED) is 0.750. The molecule has 3 rings (SSSR count). The van der Waals surface area contributed by atoms with E-state index in [9.17, 15) is 14.4 Å². The van der Waals surface area contributed by atoms with Crippen LogP contribution < -0.4 is 10.6 Å². The van der Waals surface area contributed by atoms with E-state index in [1.165, 1.54) is 0 Å². The Morgan fingerprint density at radius 3 is 2.54 bits per heavy atom. The second-order valence-corrected chi connectivity index (χ2v) is 9.54. The molecule has 1 aromatic carbocycles. The molecule has 1 spiro atoms. The highest BCUT2D eigenvalue weighted by Gasteiger charge is 2.56. The van der Waals surface area contributed by atoms with E-state index in [0.717, 1.165) is 16.9 Å². The van der Waals surface area contributed by atoms with Crippen LogP contribution in [0, 0.1) is 11.3 Å². The van der Waals surface area contributed by atoms with Crippen molar-refractivity contribution < 1.29 is 14.4 Å². The lowest BCUT2D eigenvalue weighted by atomic mass is 9.64. The Morgan fingerprint density at radius 2 is 1.93 bits per heavy atom. The molecule has 1 aliphatic heterocycles. The fourth-order valence-corrected chi connectivity index (χ4v) is 5.04. The first kappa shape index (κ1) is 20.6. The fourth-order valence-electron chi connectivity index (χ4n) is 4.92. The molecule has 152 valence electrons. The van der Waals surface area contributed by atoms with Gasteiger partial charge in [-0.3, -0.25) is 14.5 Å². The molecule has 0 aromatic heterocycles. The first-order valence-electron chi connectivity index (χ1n) is 9.70. The predicted octanol–water partition coefficient (Wildman–Crippen LogP) is 3.65. The number of amides is 4. The summed E-state index contributed by atoms with van der Waals surface area (Å²) in [4.78, 5) is 39.2. The highest BCUT2D eigenvalue weighted by molar-refractivity contribution is 6.30. The smallest absolute Gasteiger partial charge is 0.325 e. The molecule has 2 aliphatic rings. The highest BCUT2D eigenvalue weighted by Crippen LogP contribution is 2.46. The second-order valence-electron chi connectivity index (χ2n) is 9.10. The normalized spacial score (nSPS) is 27.6. The maximum absolute atomic E-state index is 13.1. The van der Waals surface area contributed by atoms with Crippen LogP contribution in [0.2, 0.25) is 5.02 Å². The van der Waals surface area contributed by atoms with Gasteiger partial charge < -0.3 is 10.6 Å². The summed E-state index contributed by atoms with van der Waals surface area (Å²) >= 11 is 5.89. The first-order chi connectivity index (χ1) is 13.0. The van der Waals surface area contributed by atoms with Crippen LogP contribution >= 0.6 is 11.6 Å². The molecule has 1 saturated carbocycles. The average Bonchev–Trinajstić information content (AvgIpc) is 2.77. The molecule has 0 unspecified atom stereocenters. The number of hydrogen-bond donors (Lipinski definition) is 2. The van der Waals surface area contributed by atoms with Crippen molar-refractivity contribution in [2.75, 3.05) is 6.54 Å². The molecule has 6 nitrogen and oxygen atoms in total. The van der Waals surface area contributed by atoms with Crippen molar-refractivity contribution in [1.82, 2.24) is 15.5 Å². The molecule has 1 aliphatic carbocycles. The van der Waals surface area contributed by atoms with Crippen molar-refractivity contribution in [3.63, 3.8) is 0 Å². The van der Waals surface area contributed by atoms with Crippen molar-refractivity contribution in [3.8, 4) is 0 Å². The van der Waals surface area contributed by atoms with Gasteiger partial charge in [0.05, 0.1) is 6.04 Å². The lowest BCUT2D eigenvalue weighted by Crippen LogP contribution is -2.54. The van der Waals surface area contributed by atoms with E-state index in [1.807, 2.05) is 19.1 Å². The zero-order chi connectivity index (χ0) is 20.7. The largest absolute Gasteiger partial charge is 0.348 e. The second kappa shape index (κ2) is 7.39. The first-order valence-corrected chi connectivity index (χ1v) is 10.1. The minimum absolute atomic E-state index is 0.0397. The lowest BCUT2D eigenvalue weighted by molar-refractivity contribution is -0.137. The van der Waals surface area contributed by atoms with Gasteiger partial charge in [-0.05, 0) is 55.2 Å². The third-order valence-electron chi connectivity index (χ3n) is 5.67. The third kappa shape index (κ3) is 4.17. The van der Waals surface area contributed by atoms with Gasteiger partial charge in [0, 0.05) is 5.02 Å². The Bertz CT molecular complexity index is 793. The number of hydrogen-bond acceptors (Lipinski definition) is 3. The zero-order valence-electron chi connectivity index (χ0n) is 16.8. The number of benzene rings is 1. The van der Waals surface area contributed by atoms with Gasteiger partial charge in [0.15, 0.2) is 0 Å². The summed E-state index contributed by atoms with van der Waals surface area (Å²) < 4.78 is 0. The van der Waals surface area contributed by atoms with Crippen LogP contribution in [0.4, 0.5) is 4.79 Å². The Hall–Kier alpha value is -2.08. The van der Waals surface area contributed by atoms with Gasteiger partial charge in [0.2, 0.25) is 5.91 Å². The minimum Gasteiger partial charge on any atom is -0.348 e. The molecule has 1 heterocycles. The van der Waals surface area contributed by atoms with Gasteiger partial charge >= 0.3 is 6.03 Å². The maximum atomic E-state index is 13.1. The summed E-state index contributed by atoms with van der Waals surface area (Å²) in [6.45, 7) is 7.91. The van der Waals surface area contributed by atoms with E-state index >= 15 is 0 Å². The van der Waals surface area contributed by atoms with E-state index in [0.29, 0.717) is 23.8 Å². The standard InChI is InChI=1S/C21H28ClN3O3/c1-13-9-20(3,4)12-21(10-13)18(27)25(19(28)24-21)11-17(26)23-14(2)15-5-7-16(22)8-6-15/h5-8,13-14H,9-12H2,1-4H3,(H,23,26)(H,24,28)/t13-,14+,21-/m0/s1. The molecule has 3 atom stereocenters. The molecular weight excluding hydrogens is 378 g/mol. The van der Waals surface area contributed by atoms with Crippen LogP contribution in [0.15, 0.2) is 24.3 Å². The summed E-state index contributed by atoms with van der Waals surface area (Å²) in [5, 5.41) is 6.36. The van der Waals surface area contributed by atoms with E-state index in [-0.39, 0.29) is 29.8 Å². The van der Waals surface area contributed by atoms with Gasteiger partial charge in [0.25, 0.3) is 5.91 Å². The molecule has 7 heteroatoms. The molecule has 0 bridgehead atoms. The fraction of sp³-hybridized carbons (Fsp3) is 0.571. The maximum Gasteiger partial charge on any atom is 0.325 e. The number of nitrogens with one attached hydrogen (secondary N) is 2. The van der Waals surface area contributed by atoms with Crippen LogP contribution in [0.25, 0.3) is 0 Å². The summed E-state index contributed by atoms with van der Waals surface area (Å²) in [5.74, 6) is -0.329. The Morgan fingerprint density at radius 1 is 1.29 bits per heavy atom. The van der Waals surface area contributed by atoms with E-state index in [1.54, 1.807) is 12.1 Å². The number of carbonyl (C=O) groups is 3. The molecular formula is C21H28ClN3O3. The van der Waals surface area contributed by atoms with Crippen molar-refractivity contribution in [1.29, 1.82) is 0 Å². The molecule has 2 N–H and O–H groups in total. The predicted molar refractivity (Wildman–Crippen MR) is 108 cm³/mol. The van der Waals surface area contributed by atoms with Crippen molar-refractivity contribution in [3.05, 3.63) is 34.9 Å². The van der Waals surface area contributed by atoms with Gasteiger partial charge in [-0.25, -0.2) is 4.79 Å². The van der Waals surface area contributed by atoms with Crippen LogP contribution in [0.5, 0.6) is 0 Å². The van der Waals surface area contributed by atoms with Gasteiger partial charge in [0.1, 0.15) is 12.1 Å². The van der Waals surface area contributed by atoms with Crippen LogP contribution in [-0.4, -0.2) is 34.8 Å². The summed E-state index contributed by atoms with van der Waals surface area (Å²) in [7, 11) is 0. The Labute approximate surface area is 171 Å². The highest BCUT2D eigenvalue weighted by atomic mass is 35.5. The summed E-state index contributed by atoms with van der Waals surface area (Å²) in [6.07, 6.45) is 2.21. The number of urea groups is 1. The molecule has 0 radical (unpaired) electrons. The lowest BCUT2D eigenvalue weighted by Gasteiger charge is -2.43. The Kier molecular flexibility index (Phi) is 5.45. The Balaban J connectivity index is 1.67. The third-order valence-corrected chi connectivity index (χ3v) is 5.93. The summed E-state index contributed by atoms with van der Waals surface area (Å²) in [5.41, 5.74) is -0.0308. The van der Waals surface area contributed by atoms with Crippen LogP contribution in [0.3, 0.4) is 0 Å². The topological polar surface area (TPSA) is 78.5 Å². The minimum atomic E-state index is -0.889. The molecule has 2 fully saturated rings. The average molecular weight is 406 g/mol. The van der Waals surface area contributed by atoms with Gasteiger partial charge in [-0.2, -0.15) is 0 Å². The van der Waals surface area contributed by atoms with Crippen LogP contribution in [-0.2, 0) is 9.59 Å². The van der Waals surface area contributed by atoms with E-state index in [4.69, 9.17) is 11.6 Å². The monoisotopic (exact) mass is 405 g/mol. The van der Waals surface area contributed by atoms with Crippen molar-refractivity contribution in [2.45, 2.75) is 58.5 Å². The van der Waals surface area contributed by atoms with Crippen LogP contribution in [0.1, 0.15) is 58.6 Å².